The molecule has 1 aliphatic rings. The number of fused-ring (bicyclic) bond motifs is 1. The summed E-state index contributed by atoms with van der Waals surface area (Å²) in [5.74, 6) is 0.399. The maximum Gasteiger partial charge on any atom is 0.242 e. The molecule has 1 amide bonds. The van der Waals surface area contributed by atoms with E-state index in [1.54, 1.807) is 0 Å². The average molecular weight is 328 g/mol. The van der Waals surface area contributed by atoms with Crippen molar-refractivity contribution in [3.63, 3.8) is 0 Å². The van der Waals surface area contributed by atoms with Crippen LogP contribution in [0.2, 0.25) is 0 Å². The van der Waals surface area contributed by atoms with Gasteiger partial charge in [-0.1, -0.05) is 0 Å². The third kappa shape index (κ3) is 3.17. The molecule has 0 fully saturated rings. The summed E-state index contributed by atoms with van der Waals surface area (Å²) in [4.78, 5) is 21.5. The number of H-pyrrole nitrogens is 1. The highest BCUT2D eigenvalue weighted by atomic mass is 16.2. The Balaban J connectivity index is 1.69. The Morgan fingerprint density at radius 3 is 2.67 bits per heavy atom. The summed E-state index contributed by atoms with van der Waals surface area (Å²) in [6, 6.07) is -0.748. The Morgan fingerprint density at radius 1 is 1.21 bits per heavy atom. The predicted octanol–water partition coefficient (Wildman–Crippen LogP) is 1.32. The molecule has 0 unspecified atom stereocenters. The molecule has 0 saturated heterocycles. The van der Waals surface area contributed by atoms with E-state index in [0.29, 0.717) is 5.82 Å². The van der Waals surface area contributed by atoms with Crippen LogP contribution < -0.4 is 11.1 Å². The first kappa shape index (κ1) is 16.6. The van der Waals surface area contributed by atoms with Crippen molar-refractivity contribution in [2.24, 2.45) is 5.73 Å². The van der Waals surface area contributed by atoms with E-state index in [-0.39, 0.29) is 12.5 Å². The molecule has 0 aromatic carbocycles. The Hall–Kier alpha value is -2.28. The summed E-state index contributed by atoms with van der Waals surface area (Å²) in [6.07, 6.45) is 4.41. The molecule has 0 bridgehead atoms. The molecule has 4 N–H and O–H groups in total. The number of carbonyl (C=O) groups excluding carboxylic acids is 1. The van der Waals surface area contributed by atoms with Gasteiger partial charge in [-0.2, -0.15) is 5.10 Å². The van der Waals surface area contributed by atoms with Crippen molar-refractivity contribution < 1.29 is 4.79 Å². The lowest BCUT2D eigenvalue weighted by molar-refractivity contribution is -0.122. The van der Waals surface area contributed by atoms with Gasteiger partial charge in [0.2, 0.25) is 5.91 Å². The molecule has 0 saturated carbocycles. The summed E-state index contributed by atoms with van der Waals surface area (Å²) >= 11 is 0. The Kier molecular flexibility index (Phi) is 4.62. The van der Waals surface area contributed by atoms with Crippen LogP contribution in [0.4, 0.5) is 0 Å². The number of hydrogen-bond donors (Lipinski definition) is 3. The molecular weight excluding hydrogens is 304 g/mol. The van der Waals surface area contributed by atoms with E-state index in [4.69, 9.17) is 5.73 Å². The fraction of sp³-hybridized carbons (Fsp3) is 0.529. The number of amides is 1. The number of aryl methyl sites for hydroxylation is 4. The lowest BCUT2D eigenvalue weighted by atomic mass is 9.95. The number of aromatic amines is 1. The van der Waals surface area contributed by atoms with E-state index in [1.807, 2.05) is 20.8 Å². The number of carbonyl (C=O) groups is 1. The van der Waals surface area contributed by atoms with E-state index in [9.17, 15) is 4.79 Å². The maximum absolute atomic E-state index is 12.4. The summed E-state index contributed by atoms with van der Waals surface area (Å²) < 4.78 is 0. The molecule has 2 aromatic rings. The molecule has 128 valence electrons. The largest absolute Gasteiger partial charge is 0.347 e. The molecule has 1 atom stereocenters. The molecule has 7 heteroatoms. The average Bonchev–Trinajstić information content (AvgIpc) is 2.90. The van der Waals surface area contributed by atoms with Crippen molar-refractivity contribution in [2.75, 3.05) is 0 Å². The predicted molar refractivity (Wildman–Crippen MR) is 90.2 cm³/mol. The number of hydrogen-bond acceptors (Lipinski definition) is 5. The zero-order valence-corrected chi connectivity index (χ0v) is 14.4. The Labute approximate surface area is 141 Å². The van der Waals surface area contributed by atoms with Crippen LogP contribution in [0.5, 0.6) is 0 Å². The molecular formula is C17H24N6O. The fourth-order valence-electron chi connectivity index (χ4n) is 3.35. The topological polar surface area (TPSA) is 110 Å². The molecule has 1 aliphatic carbocycles. The van der Waals surface area contributed by atoms with Gasteiger partial charge in [-0.3, -0.25) is 9.89 Å². The molecule has 2 heterocycles. The molecule has 7 nitrogen and oxygen atoms in total. The summed E-state index contributed by atoms with van der Waals surface area (Å²) in [6.45, 7) is 6.00. The van der Waals surface area contributed by atoms with Gasteiger partial charge in [-0.15, -0.1) is 0 Å². The van der Waals surface area contributed by atoms with Crippen LogP contribution in [0.15, 0.2) is 0 Å². The van der Waals surface area contributed by atoms with E-state index < -0.39 is 6.04 Å². The minimum absolute atomic E-state index is 0.249. The fourth-order valence-corrected chi connectivity index (χ4v) is 3.35. The monoisotopic (exact) mass is 328 g/mol. The van der Waals surface area contributed by atoms with Crippen molar-refractivity contribution in [2.45, 2.75) is 59.0 Å². The van der Waals surface area contributed by atoms with Crippen LogP contribution in [-0.2, 0) is 24.2 Å². The highest BCUT2D eigenvalue weighted by Gasteiger charge is 2.22. The van der Waals surface area contributed by atoms with Crippen molar-refractivity contribution >= 4 is 5.91 Å². The van der Waals surface area contributed by atoms with Crippen LogP contribution in [0.25, 0.3) is 0 Å². The highest BCUT2D eigenvalue weighted by molar-refractivity contribution is 5.83. The van der Waals surface area contributed by atoms with Gasteiger partial charge in [0.15, 0.2) is 0 Å². The molecule has 3 rings (SSSR count). The van der Waals surface area contributed by atoms with Gasteiger partial charge in [-0.25, -0.2) is 9.97 Å². The van der Waals surface area contributed by atoms with E-state index in [0.717, 1.165) is 41.2 Å². The smallest absolute Gasteiger partial charge is 0.242 e. The number of rotatable bonds is 4. The van der Waals surface area contributed by atoms with Crippen molar-refractivity contribution in [3.05, 3.63) is 39.7 Å². The van der Waals surface area contributed by atoms with Crippen LogP contribution in [0.1, 0.15) is 58.6 Å². The molecule has 0 aliphatic heterocycles. The minimum atomic E-state index is -0.748. The van der Waals surface area contributed by atoms with Gasteiger partial charge >= 0.3 is 0 Å². The third-order valence-electron chi connectivity index (χ3n) is 4.64. The van der Waals surface area contributed by atoms with Gasteiger partial charge in [0, 0.05) is 22.6 Å². The lowest BCUT2D eigenvalue weighted by Crippen LogP contribution is -2.35. The van der Waals surface area contributed by atoms with Gasteiger partial charge in [0.25, 0.3) is 0 Å². The Morgan fingerprint density at radius 2 is 1.96 bits per heavy atom. The number of nitrogens with one attached hydrogen (secondary N) is 2. The second-order valence-electron chi connectivity index (χ2n) is 6.40. The van der Waals surface area contributed by atoms with Gasteiger partial charge in [-0.05, 0) is 52.0 Å². The zero-order chi connectivity index (χ0) is 17.3. The van der Waals surface area contributed by atoms with Crippen molar-refractivity contribution in [1.29, 1.82) is 0 Å². The lowest BCUT2D eigenvalue weighted by Gasteiger charge is -2.18. The number of nitrogens with two attached hydrogens (primary N) is 1. The SMILES string of the molecule is Cc1nc(CNC(=O)[C@H](N)c2c(C)n[nH]c2C)nc2c1CCCC2. The summed E-state index contributed by atoms with van der Waals surface area (Å²) in [7, 11) is 0. The van der Waals surface area contributed by atoms with Gasteiger partial charge < -0.3 is 11.1 Å². The first-order chi connectivity index (χ1) is 11.5. The maximum atomic E-state index is 12.4. The van der Waals surface area contributed by atoms with Gasteiger partial charge in [0.05, 0.1) is 12.2 Å². The van der Waals surface area contributed by atoms with Crippen LogP contribution in [0.3, 0.4) is 0 Å². The molecule has 0 radical (unpaired) electrons. The van der Waals surface area contributed by atoms with E-state index in [1.165, 1.54) is 18.4 Å². The first-order valence-corrected chi connectivity index (χ1v) is 8.37. The molecule has 24 heavy (non-hydrogen) atoms. The highest BCUT2D eigenvalue weighted by Crippen LogP contribution is 2.22. The number of nitrogens with zero attached hydrogens (tertiary/aromatic N) is 3. The van der Waals surface area contributed by atoms with Crippen LogP contribution in [-0.4, -0.2) is 26.1 Å². The molecule has 2 aromatic heterocycles. The summed E-state index contributed by atoms with van der Waals surface area (Å²) in [5.41, 5.74) is 11.8. The zero-order valence-electron chi connectivity index (χ0n) is 14.4. The standard InChI is InChI=1S/C17H24N6O/c1-9-12-6-4-5-7-13(12)21-14(20-9)8-19-17(24)16(18)15-10(2)22-23-11(15)3/h16H,4-8,18H2,1-3H3,(H,19,24)(H,22,23)/t16-/m1/s1. The first-order valence-electron chi connectivity index (χ1n) is 8.37. The summed E-state index contributed by atoms with van der Waals surface area (Å²) in [5, 5.41) is 9.79. The Bertz CT molecular complexity index is 747. The van der Waals surface area contributed by atoms with Crippen molar-refractivity contribution in [3.8, 4) is 0 Å². The van der Waals surface area contributed by atoms with Crippen molar-refractivity contribution in [1.82, 2.24) is 25.5 Å². The van der Waals surface area contributed by atoms with Crippen LogP contribution in [0, 0.1) is 20.8 Å². The second kappa shape index (κ2) is 6.68. The van der Waals surface area contributed by atoms with E-state index >= 15 is 0 Å². The normalized spacial score (nSPS) is 15.0. The quantitative estimate of drug-likeness (QED) is 0.784. The van der Waals surface area contributed by atoms with Gasteiger partial charge in [0.1, 0.15) is 11.9 Å². The van der Waals surface area contributed by atoms with Crippen LogP contribution >= 0.6 is 0 Å². The molecule has 0 spiro atoms. The minimum Gasteiger partial charge on any atom is -0.347 e. The second-order valence-corrected chi connectivity index (χ2v) is 6.40. The third-order valence-corrected chi connectivity index (χ3v) is 4.64. The number of aromatic nitrogens is 4. The van der Waals surface area contributed by atoms with E-state index in [2.05, 4.69) is 25.5 Å².